The summed E-state index contributed by atoms with van der Waals surface area (Å²) >= 11 is 2.16. The number of rotatable bonds is 7. The van der Waals surface area contributed by atoms with Crippen molar-refractivity contribution in [2.75, 3.05) is 7.11 Å². The van der Waals surface area contributed by atoms with E-state index in [2.05, 4.69) is 27.9 Å². The summed E-state index contributed by atoms with van der Waals surface area (Å²) in [5.41, 5.74) is 1.33. The average molecular weight is 468 g/mol. The van der Waals surface area contributed by atoms with Gasteiger partial charge in [-0.3, -0.25) is 14.9 Å². The summed E-state index contributed by atoms with van der Waals surface area (Å²) in [5.74, 6) is -0.955. The van der Waals surface area contributed by atoms with Gasteiger partial charge in [0.05, 0.1) is 18.5 Å². The lowest BCUT2D eigenvalue weighted by molar-refractivity contribution is -0.384. The minimum Gasteiger partial charge on any atom is -0.467 e. The Morgan fingerprint density at radius 3 is 2.62 bits per heavy atom. The summed E-state index contributed by atoms with van der Waals surface area (Å²) in [6.07, 6.45) is 0.230. The van der Waals surface area contributed by atoms with E-state index in [1.54, 1.807) is 6.07 Å². The number of esters is 1. The number of nitro benzene ring substituents is 1. The van der Waals surface area contributed by atoms with Crippen molar-refractivity contribution in [2.24, 2.45) is 0 Å². The molecule has 1 atom stereocenters. The lowest BCUT2D eigenvalue weighted by atomic mass is 10.1. The maximum atomic E-state index is 12.3. The lowest BCUT2D eigenvalue weighted by Gasteiger charge is -2.17. The van der Waals surface area contributed by atoms with E-state index < -0.39 is 22.8 Å². The molecule has 136 valence electrons. The van der Waals surface area contributed by atoms with Crippen LogP contribution >= 0.6 is 22.6 Å². The highest BCUT2D eigenvalue weighted by atomic mass is 127. The van der Waals surface area contributed by atoms with Crippen LogP contribution in [0, 0.1) is 13.7 Å². The quantitative estimate of drug-likeness (QED) is 0.292. The third-order valence-corrected chi connectivity index (χ3v) is 4.74. The van der Waals surface area contributed by atoms with Crippen LogP contribution in [0.2, 0.25) is 0 Å². The van der Waals surface area contributed by atoms with Crippen LogP contribution in [0.15, 0.2) is 48.5 Å². The van der Waals surface area contributed by atoms with Gasteiger partial charge in [-0.15, -0.1) is 0 Å². The molecule has 0 radical (unpaired) electrons. The molecule has 2 aromatic carbocycles. The monoisotopic (exact) mass is 468 g/mol. The molecule has 0 aromatic heterocycles. The minimum atomic E-state index is -0.831. The topological polar surface area (TPSA) is 98.5 Å². The second-order valence-corrected chi connectivity index (χ2v) is 6.70. The molecular weight excluding hydrogens is 451 g/mol. The molecule has 2 aromatic rings. The van der Waals surface area contributed by atoms with Gasteiger partial charge < -0.3 is 10.1 Å². The van der Waals surface area contributed by atoms with Crippen molar-refractivity contribution in [3.63, 3.8) is 0 Å². The molecule has 0 aliphatic heterocycles. The molecule has 2 rings (SSSR count). The minimum absolute atomic E-state index is 0.0684. The largest absolute Gasteiger partial charge is 0.467 e. The lowest BCUT2D eigenvalue weighted by Crippen LogP contribution is -2.43. The van der Waals surface area contributed by atoms with E-state index in [4.69, 9.17) is 4.74 Å². The maximum absolute atomic E-state index is 12.3. The molecule has 1 N–H and O–H groups in total. The first-order valence-electron chi connectivity index (χ1n) is 7.74. The highest BCUT2D eigenvalue weighted by Crippen LogP contribution is 2.15. The van der Waals surface area contributed by atoms with E-state index in [-0.39, 0.29) is 12.1 Å². The molecule has 0 saturated carbocycles. The van der Waals surface area contributed by atoms with Crippen LogP contribution in [-0.4, -0.2) is 30.0 Å². The number of nitrogens with one attached hydrogen (secondary N) is 1. The number of hydrogen-bond donors (Lipinski definition) is 1. The Bertz CT molecular complexity index is 825. The number of nitro groups is 1. The van der Waals surface area contributed by atoms with Crippen molar-refractivity contribution < 1.29 is 19.2 Å². The highest BCUT2D eigenvalue weighted by Gasteiger charge is 2.23. The number of halogens is 1. The smallest absolute Gasteiger partial charge is 0.328 e. The van der Waals surface area contributed by atoms with Gasteiger partial charge in [-0.2, -0.15) is 0 Å². The van der Waals surface area contributed by atoms with Gasteiger partial charge in [-0.05, 0) is 39.8 Å². The molecule has 0 aliphatic carbocycles. The molecule has 0 heterocycles. The molecule has 0 aliphatic rings. The van der Waals surface area contributed by atoms with Crippen molar-refractivity contribution in [3.8, 4) is 0 Å². The molecule has 0 unspecified atom stereocenters. The van der Waals surface area contributed by atoms with Crippen LogP contribution in [0.3, 0.4) is 0 Å². The third kappa shape index (κ3) is 5.51. The van der Waals surface area contributed by atoms with Gasteiger partial charge in [0.2, 0.25) is 5.91 Å². The maximum Gasteiger partial charge on any atom is 0.328 e. The van der Waals surface area contributed by atoms with Crippen molar-refractivity contribution in [1.82, 2.24) is 5.32 Å². The van der Waals surface area contributed by atoms with Crippen molar-refractivity contribution in [1.29, 1.82) is 0 Å². The van der Waals surface area contributed by atoms with Gasteiger partial charge in [-0.25, -0.2) is 4.79 Å². The second-order valence-electron chi connectivity index (χ2n) is 5.54. The van der Waals surface area contributed by atoms with Gasteiger partial charge in [0.1, 0.15) is 6.04 Å². The molecule has 8 heteroatoms. The van der Waals surface area contributed by atoms with Crippen LogP contribution < -0.4 is 5.32 Å². The first kappa shape index (κ1) is 19.8. The fraction of sp³-hybridized carbons (Fsp3) is 0.222. The van der Waals surface area contributed by atoms with Crippen molar-refractivity contribution in [2.45, 2.75) is 18.9 Å². The van der Waals surface area contributed by atoms with Crippen molar-refractivity contribution in [3.05, 3.63) is 73.3 Å². The van der Waals surface area contributed by atoms with E-state index in [1.165, 1.54) is 25.3 Å². The van der Waals surface area contributed by atoms with E-state index in [0.717, 1.165) is 9.13 Å². The fourth-order valence-corrected chi connectivity index (χ4v) is 3.04. The number of non-ortho nitro benzene ring substituents is 1. The predicted octanol–water partition coefficient (Wildman–Crippen LogP) is 2.64. The number of amides is 1. The number of hydrogen-bond acceptors (Lipinski definition) is 5. The van der Waals surface area contributed by atoms with E-state index in [9.17, 15) is 19.7 Å². The number of carbonyl (C=O) groups is 2. The van der Waals surface area contributed by atoms with E-state index in [0.29, 0.717) is 12.0 Å². The zero-order valence-electron chi connectivity index (χ0n) is 14.0. The first-order chi connectivity index (χ1) is 12.4. The SMILES string of the molecule is COC(=O)[C@H](Cc1ccccc1I)NC(=O)Cc1cccc([N+](=O)[O-])c1. The van der Waals surface area contributed by atoms with Crippen LogP contribution in [0.5, 0.6) is 0 Å². The number of nitrogens with zero attached hydrogens (tertiary/aromatic N) is 1. The van der Waals surface area contributed by atoms with Gasteiger partial charge in [0, 0.05) is 22.1 Å². The van der Waals surface area contributed by atoms with Crippen LogP contribution in [0.25, 0.3) is 0 Å². The first-order valence-corrected chi connectivity index (χ1v) is 8.82. The fourth-order valence-electron chi connectivity index (χ4n) is 2.43. The van der Waals surface area contributed by atoms with Gasteiger partial charge in [0.25, 0.3) is 5.69 Å². The molecule has 7 nitrogen and oxygen atoms in total. The zero-order chi connectivity index (χ0) is 19.1. The Kier molecular flexibility index (Phi) is 7.07. The van der Waals surface area contributed by atoms with E-state index in [1.807, 2.05) is 24.3 Å². The number of ether oxygens (including phenoxy) is 1. The molecule has 0 saturated heterocycles. The Morgan fingerprint density at radius 2 is 1.96 bits per heavy atom. The molecule has 0 bridgehead atoms. The van der Waals surface area contributed by atoms with Crippen LogP contribution in [0.1, 0.15) is 11.1 Å². The molecular formula is C18H17IN2O5. The zero-order valence-corrected chi connectivity index (χ0v) is 16.1. The number of methoxy groups -OCH3 is 1. The summed E-state index contributed by atoms with van der Waals surface area (Å²) in [7, 11) is 1.26. The molecule has 26 heavy (non-hydrogen) atoms. The van der Waals surface area contributed by atoms with Crippen LogP contribution in [0.4, 0.5) is 5.69 Å². The van der Waals surface area contributed by atoms with Crippen LogP contribution in [-0.2, 0) is 27.2 Å². The van der Waals surface area contributed by atoms with Crippen molar-refractivity contribution >= 4 is 40.2 Å². The average Bonchev–Trinajstić information content (AvgIpc) is 2.62. The molecule has 0 fully saturated rings. The number of carbonyl (C=O) groups excluding carboxylic acids is 2. The standard InChI is InChI=1S/C18H17IN2O5/c1-26-18(23)16(11-13-6-2-3-8-15(13)19)20-17(22)10-12-5-4-7-14(9-12)21(24)25/h2-9,16H,10-11H2,1H3,(H,20,22)/t16-/m0/s1. The highest BCUT2D eigenvalue weighted by molar-refractivity contribution is 14.1. The Labute approximate surface area is 164 Å². The third-order valence-electron chi connectivity index (χ3n) is 3.69. The van der Waals surface area contributed by atoms with Gasteiger partial charge in [0.15, 0.2) is 0 Å². The number of benzene rings is 2. The summed E-state index contributed by atoms with van der Waals surface area (Å²) < 4.78 is 5.76. The van der Waals surface area contributed by atoms with E-state index >= 15 is 0 Å². The summed E-state index contributed by atoms with van der Waals surface area (Å²) in [5, 5.41) is 13.5. The Morgan fingerprint density at radius 1 is 1.23 bits per heavy atom. The summed E-state index contributed by atoms with van der Waals surface area (Å²) in [6, 6.07) is 12.5. The summed E-state index contributed by atoms with van der Waals surface area (Å²) in [6.45, 7) is 0. The van der Waals surface area contributed by atoms with Gasteiger partial charge >= 0.3 is 5.97 Å². The predicted molar refractivity (Wildman–Crippen MR) is 104 cm³/mol. The second kappa shape index (κ2) is 9.27. The molecule has 1 amide bonds. The Hall–Kier alpha value is -2.49. The normalized spacial score (nSPS) is 11.5. The van der Waals surface area contributed by atoms with Gasteiger partial charge in [-0.1, -0.05) is 30.3 Å². The molecule has 0 spiro atoms. The summed E-state index contributed by atoms with van der Waals surface area (Å²) in [4.78, 5) is 34.6. The Balaban J connectivity index is 2.09.